The van der Waals surface area contributed by atoms with Gasteiger partial charge in [-0.15, -0.1) is 11.8 Å². The lowest BCUT2D eigenvalue weighted by molar-refractivity contribution is -0.121. The van der Waals surface area contributed by atoms with E-state index in [1.165, 1.54) is 22.3 Å². The normalized spacial score (nSPS) is 13.3. The Balaban J connectivity index is 1.94. The quantitative estimate of drug-likeness (QED) is 0.750. The summed E-state index contributed by atoms with van der Waals surface area (Å²) in [6.45, 7) is 8.32. The first kappa shape index (κ1) is 18.6. The van der Waals surface area contributed by atoms with Crippen LogP contribution in [-0.2, 0) is 10.5 Å². The number of hydrogen-bond acceptors (Lipinski definition) is 2. The van der Waals surface area contributed by atoms with Crippen LogP contribution in [0.25, 0.3) is 0 Å². The van der Waals surface area contributed by atoms with Crippen LogP contribution in [0.1, 0.15) is 48.6 Å². The second-order valence-corrected chi connectivity index (χ2v) is 7.58. The minimum absolute atomic E-state index is 0.0641. The van der Waals surface area contributed by atoms with E-state index in [1.807, 2.05) is 25.1 Å². The molecule has 0 fully saturated rings. The van der Waals surface area contributed by atoms with Gasteiger partial charge in [0.25, 0.3) is 0 Å². The van der Waals surface area contributed by atoms with E-state index >= 15 is 0 Å². The van der Waals surface area contributed by atoms with Gasteiger partial charge in [-0.1, -0.05) is 55.5 Å². The molecule has 2 aromatic rings. The van der Waals surface area contributed by atoms with Gasteiger partial charge in [-0.2, -0.15) is 0 Å². The number of benzene rings is 2. The summed E-state index contributed by atoms with van der Waals surface area (Å²) in [4.78, 5) is 12.5. The third-order valence-corrected chi connectivity index (χ3v) is 5.58. The Kier molecular flexibility index (Phi) is 6.92. The zero-order valence-electron chi connectivity index (χ0n) is 15.0. The van der Waals surface area contributed by atoms with Gasteiger partial charge >= 0.3 is 0 Å². The van der Waals surface area contributed by atoms with E-state index in [0.717, 1.165) is 12.2 Å². The highest BCUT2D eigenvalue weighted by Crippen LogP contribution is 2.22. The molecule has 0 bridgehead atoms. The van der Waals surface area contributed by atoms with Crippen LogP contribution in [0.5, 0.6) is 0 Å². The Morgan fingerprint density at radius 3 is 2.42 bits per heavy atom. The van der Waals surface area contributed by atoms with E-state index in [0.29, 0.717) is 0 Å². The van der Waals surface area contributed by atoms with Crippen molar-refractivity contribution in [3.8, 4) is 0 Å². The fourth-order valence-electron chi connectivity index (χ4n) is 2.56. The third-order valence-electron chi connectivity index (χ3n) is 4.37. The van der Waals surface area contributed by atoms with Crippen molar-refractivity contribution in [2.45, 2.75) is 51.2 Å². The lowest BCUT2D eigenvalue weighted by Crippen LogP contribution is -2.34. The maximum absolute atomic E-state index is 12.5. The van der Waals surface area contributed by atoms with Gasteiger partial charge in [0.1, 0.15) is 0 Å². The summed E-state index contributed by atoms with van der Waals surface area (Å²) in [6, 6.07) is 16.8. The van der Waals surface area contributed by atoms with Crippen LogP contribution in [0.3, 0.4) is 0 Å². The first-order valence-electron chi connectivity index (χ1n) is 8.54. The second-order valence-electron chi connectivity index (χ2n) is 6.25. The highest BCUT2D eigenvalue weighted by atomic mass is 32.2. The van der Waals surface area contributed by atoms with Gasteiger partial charge in [-0.3, -0.25) is 4.79 Å². The van der Waals surface area contributed by atoms with Gasteiger partial charge in [0, 0.05) is 5.75 Å². The van der Waals surface area contributed by atoms with Gasteiger partial charge in [0.15, 0.2) is 0 Å². The average molecular weight is 342 g/mol. The molecule has 2 aromatic carbocycles. The summed E-state index contributed by atoms with van der Waals surface area (Å²) >= 11 is 1.68. The maximum atomic E-state index is 12.5. The Hall–Kier alpha value is -1.74. The molecule has 3 heteroatoms. The molecule has 2 atom stereocenters. The zero-order valence-corrected chi connectivity index (χ0v) is 15.8. The topological polar surface area (TPSA) is 29.1 Å². The molecule has 0 heterocycles. The summed E-state index contributed by atoms with van der Waals surface area (Å²) in [6.07, 6.45) is 0.893. The Bertz CT molecular complexity index is 669. The predicted octanol–water partition coefficient (Wildman–Crippen LogP) is 5.19. The van der Waals surface area contributed by atoms with Gasteiger partial charge < -0.3 is 5.32 Å². The van der Waals surface area contributed by atoms with Gasteiger partial charge in [0.2, 0.25) is 5.91 Å². The van der Waals surface area contributed by atoms with Crippen molar-refractivity contribution in [1.29, 1.82) is 0 Å². The molecule has 0 aliphatic heterocycles. The molecule has 0 saturated heterocycles. The highest BCUT2D eigenvalue weighted by molar-refractivity contribution is 7.99. The molecule has 0 aliphatic rings. The van der Waals surface area contributed by atoms with Gasteiger partial charge in [0.05, 0.1) is 11.3 Å². The minimum Gasteiger partial charge on any atom is -0.348 e. The van der Waals surface area contributed by atoms with E-state index < -0.39 is 0 Å². The zero-order chi connectivity index (χ0) is 17.5. The smallest absolute Gasteiger partial charge is 0.233 e. The number of carbonyl (C=O) groups excluding carboxylic acids is 1. The molecule has 128 valence electrons. The molecular formula is C21H27NOS. The molecule has 24 heavy (non-hydrogen) atoms. The van der Waals surface area contributed by atoms with Crippen LogP contribution in [0.15, 0.2) is 48.5 Å². The summed E-state index contributed by atoms with van der Waals surface area (Å²) in [5, 5.41) is 3.14. The van der Waals surface area contributed by atoms with E-state index in [4.69, 9.17) is 0 Å². The van der Waals surface area contributed by atoms with Crippen LogP contribution in [0.2, 0.25) is 0 Å². The molecule has 0 aliphatic carbocycles. The monoisotopic (exact) mass is 341 g/mol. The van der Waals surface area contributed by atoms with Crippen LogP contribution in [-0.4, -0.2) is 11.2 Å². The number of carbonyl (C=O) groups is 1. The summed E-state index contributed by atoms with van der Waals surface area (Å²) in [7, 11) is 0. The lowest BCUT2D eigenvalue weighted by atomic mass is 9.99. The first-order chi connectivity index (χ1) is 11.5. The highest BCUT2D eigenvalue weighted by Gasteiger charge is 2.18. The molecule has 2 nitrogen and oxygen atoms in total. The first-order valence-corrected chi connectivity index (χ1v) is 9.59. The van der Waals surface area contributed by atoms with Crippen molar-refractivity contribution in [3.05, 3.63) is 70.8 Å². The number of aryl methyl sites for hydroxylation is 2. The molecule has 0 radical (unpaired) electrons. The third kappa shape index (κ3) is 5.13. The van der Waals surface area contributed by atoms with Gasteiger partial charge in [-0.25, -0.2) is 0 Å². The van der Waals surface area contributed by atoms with E-state index in [-0.39, 0.29) is 17.2 Å². The van der Waals surface area contributed by atoms with Crippen molar-refractivity contribution >= 4 is 17.7 Å². The lowest BCUT2D eigenvalue weighted by Gasteiger charge is -2.21. The fourth-order valence-corrected chi connectivity index (χ4v) is 3.42. The molecule has 2 rings (SSSR count). The number of rotatable bonds is 7. The molecule has 0 spiro atoms. The van der Waals surface area contributed by atoms with Crippen LogP contribution in [0.4, 0.5) is 0 Å². The summed E-state index contributed by atoms with van der Waals surface area (Å²) in [5.41, 5.74) is 5.00. The maximum Gasteiger partial charge on any atom is 0.233 e. The Morgan fingerprint density at radius 1 is 1.08 bits per heavy atom. The number of hydrogen-bond donors (Lipinski definition) is 1. The number of nitrogens with one attached hydrogen (secondary N) is 1. The van der Waals surface area contributed by atoms with Crippen LogP contribution >= 0.6 is 11.8 Å². The van der Waals surface area contributed by atoms with Crippen LogP contribution < -0.4 is 5.32 Å². The molecule has 2 unspecified atom stereocenters. The SMILES string of the molecule is CCC(NC(=O)C(C)SCc1ccccc1)c1ccc(C)c(C)c1. The van der Waals surface area contributed by atoms with Crippen molar-refractivity contribution in [2.24, 2.45) is 0 Å². The van der Waals surface area contributed by atoms with Gasteiger partial charge in [-0.05, 0) is 49.4 Å². The van der Waals surface area contributed by atoms with Crippen molar-refractivity contribution in [1.82, 2.24) is 5.32 Å². The van der Waals surface area contributed by atoms with E-state index in [1.54, 1.807) is 11.8 Å². The van der Waals surface area contributed by atoms with Crippen LogP contribution in [0, 0.1) is 13.8 Å². The molecule has 0 aromatic heterocycles. The second kappa shape index (κ2) is 8.93. The van der Waals surface area contributed by atoms with Crippen molar-refractivity contribution in [3.63, 3.8) is 0 Å². The number of thioether (sulfide) groups is 1. The van der Waals surface area contributed by atoms with Crippen molar-refractivity contribution < 1.29 is 4.79 Å². The predicted molar refractivity (Wildman–Crippen MR) is 104 cm³/mol. The Labute approximate surface area is 150 Å². The van der Waals surface area contributed by atoms with E-state index in [9.17, 15) is 4.79 Å². The fraction of sp³-hybridized carbons (Fsp3) is 0.381. The number of amides is 1. The molecule has 1 amide bonds. The van der Waals surface area contributed by atoms with Crippen molar-refractivity contribution in [2.75, 3.05) is 0 Å². The Morgan fingerprint density at radius 2 is 1.79 bits per heavy atom. The standard InChI is InChI=1S/C21H27NOS/c1-5-20(19-12-11-15(2)16(3)13-19)22-21(23)17(4)24-14-18-9-7-6-8-10-18/h6-13,17,20H,5,14H2,1-4H3,(H,22,23). The average Bonchev–Trinajstić information content (AvgIpc) is 2.60. The summed E-state index contributed by atoms with van der Waals surface area (Å²) in [5.74, 6) is 0.969. The molecule has 1 N–H and O–H groups in total. The minimum atomic E-state index is -0.0641. The largest absolute Gasteiger partial charge is 0.348 e. The molecule has 0 saturated carbocycles. The summed E-state index contributed by atoms with van der Waals surface area (Å²) < 4.78 is 0. The van der Waals surface area contributed by atoms with E-state index in [2.05, 4.69) is 56.4 Å². The molecular weight excluding hydrogens is 314 g/mol.